The maximum Gasteiger partial charge on any atom is 0.330 e. The zero-order valence-corrected chi connectivity index (χ0v) is 12.8. The van der Waals surface area contributed by atoms with Crippen LogP contribution < -0.4 is 0 Å². The molecule has 5 heteroatoms. The van der Waals surface area contributed by atoms with E-state index in [1.807, 2.05) is 27.7 Å². The second kappa shape index (κ2) is 6.83. The molecule has 0 aliphatic carbocycles. The third-order valence-corrected chi connectivity index (χ3v) is 2.37. The Morgan fingerprint density at radius 1 is 1.31 bits per heavy atom. The van der Waals surface area contributed by atoms with Crippen LogP contribution in [0, 0.1) is 0 Å². The van der Waals surface area contributed by atoms with Crippen molar-refractivity contribution in [1.82, 2.24) is 0 Å². The van der Waals surface area contributed by atoms with Gasteiger partial charge < -0.3 is 14.2 Å². The van der Waals surface area contributed by atoms with Crippen LogP contribution in [0.3, 0.4) is 0 Å². The lowest BCUT2D eigenvalue weighted by atomic mass is 10.4. The molecule has 0 radical (unpaired) electrons. The molecule has 0 aliphatic rings. The van der Waals surface area contributed by atoms with Crippen molar-refractivity contribution in [3.8, 4) is 0 Å². The Balaban J connectivity index is 4.40. The van der Waals surface area contributed by atoms with Crippen molar-refractivity contribution in [2.75, 3.05) is 6.61 Å². The average Bonchev–Trinajstić information content (AvgIpc) is 2.11. The van der Waals surface area contributed by atoms with Crippen LogP contribution in [0.1, 0.15) is 27.7 Å². The molecule has 0 aromatic rings. The summed E-state index contributed by atoms with van der Waals surface area (Å²) in [7, 11) is 0.616. The van der Waals surface area contributed by atoms with E-state index in [-0.39, 0.29) is 18.8 Å². The molecular formula is C11H22O4Si. The number of carbonyl (C=O) groups excluding carboxylic acids is 1. The number of hydrogen-bond donors (Lipinski definition) is 0. The second-order valence-corrected chi connectivity index (χ2v) is 5.80. The van der Waals surface area contributed by atoms with Crippen LogP contribution in [-0.4, -0.2) is 40.4 Å². The summed E-state index contributed by atoms with van der Waals surface area (Å²) in [5.74, 6) is -0.458. The van der Waals surface area contributed by atoms with Crippen LogP contribution in [0.5, 0.6) is 0 Å². The minimum Gasteiger partial charge on any atom is -0.457 e. The predicted molar refractivity (Wildman–Crippen MR) is 66.3 cm³/mol. The lowest BCUT2D eigenvalue weighted by molar-refractivity contribution is -0.235. The fraction of sp³-hybridized carbons (Fsp3) is 0.727. The van der Waals surface area contributed by atoms with Gasteiger partial charge in [0, 0.05) is 6.08 Å². The van der Waals surface area contributed by atoms with Crippen molar-refractivity contribution < 1.29 is 19.0 Å². The molecule has 0 bridgehead atoms. The highest BCUT2D eigenvalue weighted by Gasteiger charge is 2.29. The molecule has 0 atom stereocenters. The number of ether oxygens (including phenoxy) is 3. The molecule has 0 amide bonds. The summed E-state index contributed by atoms with van der Waals surface area (Å²) >= 11 is 0. The zero-order chi connectivity index (χ0) is 12.8. The van der Waals surface area contributed by atoms with E-state index in [1.54, 1.807) is 0 Å². The molecule has 0 aromatic heterocycles. The standard InChI is InChI=1S/C11H22O4Si/c1-6-10(12)13-7-11(16,14-8(2)3)15-9(4)5/h6,8-9H,1,7H2,2-5,16H3. The minimum atomic E-state index is -0.777. The summed E-state index contributed by atoms with van der Waals surface area (Å²) in [6, 6.07) is 0. The molecule has 0 heterocycles. The van der Waals surface area contributed by atoms with Gasteiger partial charge >= 0.3 is 5.97 Å². The Morgan fingerprint density at radius 2 is 1.75 bits per heavy atom. The van der Waals surface area contributed by atoms with E-state index < -0.39 is 11.4 Å². The van der Waals surface area contributed by atoms with Crippen LogP contribution in [0.4, 0.5) is 0 Å². The molecule has 0 fully saturated rings. The molecule has 0 rings (SSSR count). The minimum absolute atomic E-state index is 0.0266. The highest BCUT2D eigenvalue weighted by Crippen LogP contribution is 2.15. The van der Waals surface area contributed by atoms with Gasteiger partial charge in [-0.1, -0.05) is 6.58 Å². The Morgan fingerprint density at radius 3 is 2.06 bits per heavy atom. The lowest BCUT2D eigenvalue weighted by Gasteiger charge is -2.33. The zero-order valence-electron chi connectivity index (χ0n) is 10.8. The van der Waals surface area contributed by atoms with Gasteiger partial charge in [0.1, 0.15) is 6.61 Å². The van der Waals surface area contributed by atoms with Crippen molar-refractivity contribution in [1.29, 1.82) is 0 Å². The van der Waals surface area contributed by atoms with Gasteiger partial charge in [-0.15, -0.1) is 0 Å². The van der Waals surface area contributed by atoms with Gasteiger partial charge in [-0.3, -0.25) is 0 Å². The monoisotopic (exact) mass is 246 g/mol. The number of rotatable bonds is 7. The van der Waals surface area contributed by atoms with E-state index in [0.29, 0.717) is 10.2 Å². The largest absolute Gasteiger partial charge is 0.457 e. The van der Waals surface area contributed by atoms with E-state index >= 15 is 0 Å². The molecule has 0 saturated heterocycles. The van der Waals surface area contributed by atoms with Crippen LogP contribution in [-0.2, 0) is 19.0 Å². The van der Waals surface area contributed by atoms with Crippen molar-refractivity contribution >= 4 is 16.2 Å². The highest BCUT2D eigenvalue weighted by molar-refractivity contribution is 6.13. The van der Waals surface area contributed by atoms with Gasteiger partial charge in [-0.25, -0.2) is 4.79 Å². The normalized spacial score (nSPS) is 12.1. The topological polar surface area (TPSA) is 44.8 Å². The first kappa shape index (κ1) is 15.3. The molecular weight excluding hydrogens is 224 g/mol. The average molecular weight is 246 g/mol. The first-order chi connectivity index (χ1) is 7.29. The molecule has 0 saturated carbocycles. The van der Waals surface area contributed by atoms with E-state index in [4.69, 9.17) is 14.2 Å². The van der Waals surface area contributed by atoms with Crippen molar-refractivity contribution in [3.63, 3.8) is 0 Å². The van der Waals surface area contributed by atoms with Crippen LogP contribution in [0.25, 0.3) is 0 Å². The van der Waals surface area contributed by atoms with Crippen LogP contribution >= 0.6 is 0 Å². The van der Waals surface area contributed by atoms with E-state index in [9.17, 15) is 4.79 Å². The first-order valence-electron chi connectivity index (χ1n) is 5.44. The maximum absolute atomic E-state index is 11.0. The Bertz CT molecular complexity index is 228. The summed E-state index contributed by atoms with van der Waals surface area (Å²) in [6.07, 6.45) is 1.18. The highest BCUT2D eigenvalue weighted by atomic mass is 28.1. The van der Waals surface area contributed by atoms with Crippen LogP contribution in [0.2, 0.25) is 0 Å². The van der Waals surface area contributed by atoms with E-state index in [0.717, 1.165) is 6.08 Å². The maximum atomic E-state index is 11.0. The number of hydrogen-bond acceptors (Lipinski definition) is 4. The smallest absolute Gasteiger partial charge is 0.330 e. The molecule has 4 nitrogen and oxygen atoms in total. The molecule has 16 heavy (non-hydrogen) atoms. The molecule has 0 aromatic carbocycles. The second-order valence-electron chi connectivity index (χ2n) is 4.28. The first-order valence-corrected chi connectivity index (χ1v) is 6.44. The third kappa shape index (κ3) is 6.76. The molecule has 0 N–H and O–H groups in total. The lowest BCUT2D eigenvalue weighted by Crippen LogP contribution is -2.45. The van der Waals surface area contributed by atoms with Crippen molar-refractivity contribution in [3.05, 3.63) is 12.7 Å². The summed E-state index contributed by atoms with van der Waals surface area (Å²) in [5, 5.41) is 0. The van der Waals surface area contributed by atoms with E-state index in [1.165, 1.54) is 0 Å². The van der Waals surface area contributed by atoms with Gasteiger partial charge in [0.15, 0.2) is 5.41 Å². The Labute approximate surface area is 100 Å². The van der Waals surface area contributed by atoms with Crippen molar-refractivity contribution in [2.45, 2.75) is 45.3 Å². The molecule has 0 aliphatic heterocycles. The van der Waals surface area contributed by atoms with E-state index in [2.05, 4.69) is 6.58 Å². The Kier molecular flexibility index (Phi) is 6.55. The van der Waals surface area contributed by atoms with Gasteiger partial charge in [0.05, 0.1) is 22.5 Å². The van der Waals surface area contributed by atoms with Crippen molar-refractivity contribution in [2.24, 2.45) is 0 Å². The van der Waals surface area contributed by atoms with Gasteiger partial charge in [-0.2, -0.15) is 0 Å². The van der Waals surface area contributed by atoms with Gasteiger partial charge in [-0.05, 0) is 27.7 Å². The fourth-order valence-corrected chi connectivity index (χ4v) is 2.44. The molecule has 94 valence electrons. The fourth-order valence-electron chi connectivity index (χ4n) is 1.35. The predicted octanol–water partition coefficient (Wildman–Crippen LogP) is 0.585. The third-order valence-electron chi connectivity index (χ3n) is 1.61. The summed E-state index contributed by atoms with van der Waals surface area (Å²) in [6.45, 7) is 11.1. The molecule has 0 spiro atoms. The summed E-state index contributed by atoms with van der Waals surface area (Å²) in [4.78, 5) is 11.0. The van der Waals surface area contributed by atoms with Crippen LogP contribution in [0.15, 0.2) is 12.7 Å². The molecule has 0 unspecified atom stereocenters. The van der Waals surface area contributed by atoms with Gasteiger partial charge in [0.25, 0.3) is 0 Å². The SMILES string of the molecule is C=CC(=O)OCC([SiH3])(OC(C)C)OC(C)C. The summed E-state index contributed by atoms with van der Waals surface area (Å²) in [5.41, 5.74) is -0.777. The van der Waals surface area contributed by atoms with Gasteiger partial charge in [0.2, 0.25) is 0 Å². The number of esters is 1. The quantitative estimate of drug-likeness (QED) is 0.285. The Hall–Kier alpha value is -0.653. The summed E-state index contributed by atoms with van der Waals surface area (Å²) < 4.78 is 16.3. The number of carbonyl (C=O) groups is 1.